The highest BCUT2D eigenvalue weighted by atomic mass is 14.7. The molecule has 0 amide bonds. The van der Waals surface area contributed by atoms with Crippen LogP contribution in [0.1, 0.15) is 32.6 Å². The number of allylic oxidation sites excluding steroid dienone is 2. The van der Waals surface area contributed by atoms with E-state index in [4.69, 9.17) is 0 Å². The molecule has 1 aromatic rings. The van der Waals surface area contributed by atoms with Crippen molar-refractivity contribution in [2.75, 3.05) is 0 Å². The highest BCUT2D eigenvalue weighted by molar-refractivity contribution is 5.64. The summed E-state index contributed by atoms with van der Waals surface area (Å²) in [6.07, 6.45) is 11.0. The summed E-state index contributed by atoms with van der Waals surface area (Å²) in [6, 6.07) is 10.0. The lowest BCUT2D eigenvalue weighted by Gasteiger charge is -1.90. The van der Waals surface area contributed by atoms with Crippen LogP contribution in [0.15, 0.2) is 47.5 Å². The number of hydrogen-bond donors (Lipinski definition) is 0. The minimum atomic E-state index is 0.929. The molecule has 0 unspecified atom stereocenters. The summed E-state index contributed by atoms with van der Waals surface area (Å²) in [5.74, 6) is 0. The predicted molar refractivity (Wildman–Crippen MR) is 67.9 cm³/mol. The average molecular weight is 201 g/mol. The molecule has 0 aliphatic carbocycles. The third-order valence-electron chi connectivity index (χ3n) is 2.13. The standard InChI is InChI=1S/C14H19N/c1-2-3-4-5-6-10-13-15-14-11-8-7-9-12-14/h5-9,11-13H,2-4,10H2,1H3/b6-5+,15-13?. The highest BCUT2D eigenvalue weighted by Gasteiger charge is 1.82. The molecule has 0 saturated carbocycles. The third-order valence-corrected chi connectivity index (χ3v) is 2.13. The van der Waals surface area contributed by atoms with E-state index in [1.54, 1.807) is 0 Å². The van der Waals surface area contributed by atoms with Crippen molar-refractivity contribution in [1.82, 2.24) is 0 Å². The fraction of sp³-hybridized carbons (Fsp3) is 0.357. The van der Waals surface area contributed by atoms with Gasteiger partial charge in [0, 0.05) is 12.6 Å². The molecule has 0 bridgehead atoms. The quantitative estimate of drug-likeness (QED) is 0.364. The van der Waals surface area contributed by atoms with Crippen molar-refractivity contribution < 1.29 is 0 Å². The van der Waals surface area contributed by atoms with Gasteiger partial charge in [-0.2, -0.15) is 0 Å². The first-order chi connectivity index (χ1) is 7.43. The fourth-order valence-electron chi connectivity index (χ4n) is 1.27. The Labute approximate surface area is 92.6 Å². The van der Waals surface area contributed by atoms with E-state index in [2.05, 4.69) is 24.1 Å². The lowest BCUT2D eigenvalue weighted by molar-refractivity contribution is 0.814. The van der Waals surface area contributed by atoms with Crippen LogP contribution in [0.25, 0.3) is 0 Å². The Bertz CT molecular complexity index is 298. The summed E-state index contributed by atoms with van der Waals surface area (Å²) >= 11 is 0. The van der Waals surface area contributed by atoms with Gasteiger partial charge in [-0.3, -0.25) is 4.99 Å². The second-order valence-corrected chi connectivity index (χ2v) is 3.50. The monoisotopic (exact) mass is 201 g/mol. The smallest absolute Gasteiger partial charge is 0.0625 e. The van der Waals surface area contributed by atoms with Gasteiger partial charge in [-0.15, -0.1) is 0 Å². The summed E-state index contributed by atoms with van der Waals surface area (Å²) in [4.78, 5) is 4.35. The van der Waals surface area contributed by atoms with Gasteiger partial charge in [-0.25, -0.2) is 0 Å². The summed E-state index contributed by atoms with van der Waals surface area (Å²) in [5, 5.41) is 0. The molecule has 0 aromatic heterocycles. The summed E-state index contributed by atoms with van der Waals surface area (Å²) in [7, 11) is 0. The van der Waals surface area contributed by atoms with Crippen LogP contribution in [0.3, 0.4) is 0 Å². The number of nitrogens with zero attached hydrogens (tertiary/aromatic N) is 1. The van der Waals surface area contributed by atoms with Gasteiger partial charge >= 0.3 is 0 Å². The van der Waals surface area contributed by atoms with Crippen LogP contribution in [0, 0.1) is 0 Å². The van der Waals surface area contributed by atoms with Crippen molar-refractivity contribution in [3.05, 3.63) is 42.5 Å². The summed E-state index contributed by atoms with van der Waals surface area (Å²) < 4.78 is 0. The van der Waals surface area contributed by atoms with Crippen LogP contribution in [0.2, 0.25) is 0 Å². The molecule has 0 heterocycles. The first-order valence-corrected chi connectivity index (χ1v) is 5.66. The van der Waals surface area contributed by atoms with E-state index >= 15 is 0 Å². The Hall–Kier alpha value is -1.37. The Balaban J connectivity index is 2.20. The first kappa shape index (κ1) is 11.7. The summed E-state index contributed by atoms with van der Waals surface area (Å²) in [6.45, 7) is 2.21. The number of para-hydroxylation sites is 1. The molecule has 0 N–H and O–H groups in total. The van der Waals surface area contributed by atoms with Crippen LogP contribution in [-0.4, -0.2) is 6.21 Å². The zero-order chi connectivity index (χ0) is 10.8. The van der Waals surface area contributed by atoms with Gasteiger partial charge in [0.05, 0.1) is 5.69 Å². The number of aliphatic imine (C=N–C) groups is 1. The minimum Gasteiger partial charge on any atom is -0.261 e. The van der Waals surface area contributed by atoms with Gasteiger partial charge in [-0.05, 0) is 18.6 Å². The Morgan fingerprint density at radius 1 is 1.13 bits per heavy atom. The number of hydrogen-bond acceptors (Lipinski definition) is 1. The molecule has 0 fully saturated rings. The largest absolute Gasteiger partial charge is 0.261 e. The third kappa shape index (κ3) is 5.84. The number of rotatable bonds is 6. The van der Waals surface area contributed by atoms with Gasteiger partial charge in [0.2, 0.25) is 0 Å². The molecule has 15 heavy (non-hydrogen) atoms. The van der Waals surface area contributed by atoms with Crippen molar-refractivity contribution in [3.63, 3.8) is 0 Å². The van der Waals surface area contributed by atoms with E-state index < -0.39 is 0 Å². The maximum atomic E-state index is 4.35. The van der Waals surface area contributed by atoms with Gasteiger partial charge in [0.15, 0.2) is 0 Å². The SMILES string of the molecule is CCCC/C=C/CC=Nc1ccccc1. The van der Waals surface area contributed by atoms with Crippen LogP contribution in [-0.2, 0) is 0 Å². The number of unbranched alkanes of at least 4 members (excludes halogenated alkanes) is 2. The summed E-state index contributed by atoms with van der Waals surface area (Å²) in [5.41, 5.74) is 1.03. The van der Waals surface area contributed by atoms with Gasteiger partial charge in [0.25, 0.3) is 0 Å². The van der Waals surface area contributed by atoms with Crippen molar-refractivity contribution in [1.29, 1.82) is 0 Å². The lowest BCUT2D eigenvalue weighted by Crippen LogP contribution is -1.71. The lowest BCUT2D eigenvalue weighted by atomic mass is 10.2. The molecule has 1 heteroatoms. The van der Waals surface area contributed by atoms with Gasteiger partial charge in [0.1, 0.15) is 0 Å². The molecule has 0 atom stereocenters. The molecule has 1 aromatic carbocycles. The highest BCUT2D eigenvalue weighted by Crippen LogP contribution is 2.08. The topological polar surface area (TPSA) is 12.4 Å². The van der Waals surface area contributed by atoms with E-state index in [9.17, 15) is 0 Å². The molecule has 0 radical (unpaired) electrons. The maximum absolute atomic E-state index is 4.35. The molecule has 0 aliphatic heterocycles. The Kier molecular flexibility index (Phi) is 6.23. The Morgan fingerprint density at radius 2 is 1.93 bits per heavy atom. The van der Waals surface area contributed by atoms with Crippen molar-refractivity contribution in [3.8, 4) is 0 Å². The molecule has 0 spiro atoms. The maximum Gasteiger partial charge on any atom is 0.0625 e. The molecule has 80 valence electrons. The molecule has 0 aliphatic rings. The van der Waals surface area contributed by atoms with Gasteiger partial charge < -0.3 is 0 Å². The Morgan fingerprint density at radius 3 is 2.67 bits per heavy atom. The first-order valence-electron chi connectivity index (χ1n) is 5.66. The van der Waals surface area contributed by atoms with Crippen LogP contribution >= 0.6 is 0 Å². The molecule has 1 rings (SSSR count). The van der Waals surface area contributed by atoms with Gasteiger partial charge in [-0.1, -0.05) is 50.1 Å². The van der Waals surface area contributed by atoms with Crippen LogP contribution in [0.5, 0.6) is 0 Å². The molecule has 0 saturated heterocycles. The fourth-order valence-corrected chi connectivity index (χ4v) is 1.27. The van der Waals surface area contributed by atoms with E-state index in [-0.39, 0.29) is 0 Å². The second-order valence-electron chi connectivity index (χ2n) is 3.50. The molecular formula is C14H19N. The zero-order valence-corrected chi connectivity index (χ0v) is 9.39. The van der Waals surface area contributed by atoms with E-state index in [1.807, 2.05) is 36.5 Å². The van der Waals surface area contributed by atoms with Crippen LogP contribution in [0.4, 0.5) is 5.69 Å². The van der Waals surface area contributed by atoms with Crippen LogP contribution < -0.4 is 0 Å². The molecule has 1 nitrogen and oxygen atoms in total. The van der Waals surface area contributed by atoms with E-state index in [1.165, 1.54) is 19.3 Å². The van der Waals surface area contributed by atoms with Crippen molar-refractivity contribution in [2.24, 2.45) is 4.99 Å². The van der Waals surface area contributed by atoms with Crippen molar-refractivity contribution >= 4 is 11.9 Å². The normalized spacial score (nSPS) is 11.5. The second kappa shape index (κ2) is 7.98. The predicted octanol–water partition coefficient (Wildman–Crippen LogP) is 4.53. The minimum absolute atomic E-state index is 0.929. The average Bonchev–Trinajstić information content (AvgIpc) is 2.29. The number of benzene rings is 1. The van der Waals surface area contributed by atoms with Crippen molar-refractivity contribution in [2.45, 2.75) is 32.6 Å². The molecular weight excluding hydrogens is 182 g/mol. The zero-order valence-electron chi connectivity index (χ0n) is 9.39. The van der Waals surface area contributed by atoms with E-state index in [0.29, 0.717) is 0 Å². The van der Waals surface area contributed by atoms with E-state index in [0.717, 1.165) is 12.1 Å².